The Morgan fingerprint density at radius 3 is 2.53 bits per heavy atom. The second-order valence-electron chi connectivity index (χ2n) is 8.57. The number of amides is 2. The fraction of sp³-hybridized carbons (Fsp3) is 0.308. The SMILES string of the molecule is COC(=O)c1ncn2c1C(=O)N(Cc1ccc(SC)cc1)C(C)(C(=O)NCc1ccccc1OC)C2. The monoisotopic (exact) mass is 508 g/mol. The van der Waals surface area contributed by atoms with E-state index in [4.69, 9.17) is 9.47 Å². The van der Waals surface area contributed by atoms with Gasteiger partial charge in [-0.05, 0) is 36.9 Å². The predicted octanol–water partition coefficient (Wildman–Crippen LogP) is 3.13. The number of nitrogens with one attached hydrogen (secondary N) is 1. The Hall–Kier alpha value is -3.79. The molecule has 2 heterocycles. The lowest BCUT2D eigenvalue weighted by Gasteiger charge is -2.43. The summed E-state index contributed by atoms with van der Waals surface area (Å²) >= 11 is 1.62. The predicted molar refractivity (Wildman–Crippen MR) is 135 cm³/mol. The molecule has 3 aromatic rings. The summed E-state index contributed by atoms with van der Waals surface area (Å²) in [5, 5.41) is 2.97. The molecule has 1 aromatic heterocycles. The number of aromatic nitrogens is 2. The fourth-order valence-electron chi connectivity index (χ4n) is 4.31. The molecule has 1 unspecified atom stereocenters. The van der Waals surface area contributed by atoms with Gasteiger partial charge in [0.15, 0.2) is 5.69 Å². The van der Waals surface area contributed by atoms with Crippen LogP contribution in [0.4, 0.5) is 0 Å². The number of carbonyl (C=O) groups excluding carboxylic acids is 3. The third-order valence-electron chi connectivity index (χ3n) is 6.36. The molecule has 0 spiro atoms. The summed E-state index contributed by atoms with van der Waals surface area (Å²) in [6, 6.07) is 15.2. The van der Waals surface area contributed by atoms with Crippen LogP contribution in [0.2, 0.25) is 0 Å². The topological polar surface area (TPSA) is 103 Å². The molecule has 0 aliphatic carbocycles. The highest BCUT2D eigenvalue weighted by Crippen LogP contribution is 2.31. The van der Waals surface area contributed by atoms with Crippen LogP contribution >= 0.6 is 11.8 Å². The van der Waals surface area contributed by atoms with Gasteiger partial charge >= 0.3 is 5.97 Å². The van der Waals surface area contributed by atoms with E-state index in [-0.39, 0.29) is 36.9 Å². The number of para-hydroxylation sites is 1. The molecule has 10 heteroatoms. The van der Waals surface area contributed by atoms with Gasteiger partial charge in [0.05, 0.1) is 27.1 Å². The van der Waals surface area contributed by atoms with E-state index in [1.165, 1.54) is 18.3 Å². The maximum absolute atomic E-state index is 13.8. The molecule has 9 nitrogen and oxygen atoms in total. The van der Waals surface area contributed by atoms with Crippen molar-refractivity contribution in [1.82, 2.24) is 19.8 Å². The maximum atomic E-state index is 13.8. The standard InChI is InChI=1S/C26H28N4O5S/c1-26(25(33)27-13-18-7-5-6-8-20(18)34-2)15-29-16-28-21(24(32)35-3)22(29)23(31)30(26)14-17-9-11-19(36-4)12-10-17/h5-12,16H,13-15H2,1-4H3,(H,27,33). The number of hydrogen-bond donors (Lipinski definition) is 1. The van der Waals surface area contributed by atoms with Crippen molar-refractivity contribution in [2.24, 2.45) is 0 Å². The molecule has 0 bridgehead atoms. The molecule has 188 valence electrons. The molecule has 1 aliphatic heterocycles. The molecule has 36 heavy (non-hydrogen) atoms. The summed E-state index contributed by atoms with van der Waals surface area (Å²) in [6.07, 6.45) is 3.39. The van der Waals surface area contributed by atoms with E-state index < -0.39 is 17.4 Å². The number of fused-ring (bicyclic) bond motifs is 1. The van der Waals surface area contributed by atoms with Crippen LogP contribution in [0.15, 0.2) is 59.8 Å². The van der Waals surface area contributed by atoms with Gasteiger partial charge in [-0.1, -0.05) is 30.3 Å². The molecule has 0 fully saturated rings. The molecular weight excluding hydrogens is 480 g/mol. The normalized spacial score (nSPS) is 16.9. The van der Waals surface area contributed by atoms with E-state index >= 15 is 0 Å². The van der Waals surface area contributed by atoms with E-state index in [0.29, 0.717) is 5.75 Å². The summed E-state index contributed by atoms with van der Waals surface area (Å²) in [5.74, 6) is -0.844. The number of thioether (sulfide) groups is 1. The Kier molecular flexibility index (Phi) is 7.35. The molecule has 1 N–H and O–H groups in total. The number of methoxy groups -OCH3 is 2. The highest BCUT2D eigenvalue weighted by Gasteiger charge is 2.49. The van der Waals surface area contributed by atoms with Crippen LogP contribution in [0.25, 0.3) is 0 Å². The highest BCUT2D eigenvalue weighted by atomic mass is 32.2. The lowest BCUT2D eigenvalue weighted by molar-refractivity contribution is -0.133. The Bertz CT molecular complexity index is 1290. The van der Waals surface area contributed by atoms with Gasteiger partial charge in [0.1, 0.15) is 17.0 Å². The quantitative estimate of drug-likeness (QED) is 0.368. The first-order valence-electron chi connectivity index (χ1n) is 11.3. The zero-order chi connectivity index (χ0) is 25.9. The van der Waals surface area contributed by atoms with Crippen molar-refractivity contribution in [2.75, 3.05) is 20.5 Å². The third-order valence-corrected chi connectivity index (χ3v) is 7.10. The van der Waals surface area contributed by atoms with Crippen LogP contribution in [0.5, 0.6) is 5.75 Å². The van der Waals surface area contributed by atoms with Crippen LogP contribution in [-0.4, -0.2) is 58.2 Å². The number of imidazole rings is 1. The van der Waals surface area contributed by atoms with Gasteiger partial charge in [0.25, 0.3) is 5.91 Å². The number of esters is 1. The number of ether oxygens (including phenoxy) is 2. The third kappa shape index (κ3) is 4.68. The van der Waals surface area contributed by atoms with Gasteiger partial charge in [0.2, 0.25) is 5.91 Å². The molecular formula is C26H28N4O5S. The van der Waals surface area contributed by atoms with Crippen molar-refractivity contribution < 1.29 is 23.9 Å². The second kappa shape index (κ2) is 10.4. The summed E-state index contributed by atoms with van der Waals surface area (Å²) in [7, 11) is 2.81. The summed E-state index contributed by atoms with van der Waals surface area (Å²) in [4.78, 5) is 46.5. The Balaban J connectivity index is 1.69. The Labute approximate surface area is 213 Å². The fourth-order valence-corrected chi connectivity index (χ4v) is 4.72. The van der Waals surface area contributed by atoms with Crippen LogP contribution < -0.4 is 10.1 Å². The minimum Gasteiger partial charge on any atom is -0.496 e. The van der Waals surface area contributed by atoms with Gasteiger partial charge < -0.3 is 24.3 Å². The first-order chi connectivity index (χ1) is 17.3. The molecule has 4 rings (SSSR count). The van der Waals surface area contributed by atoms with Gasteiger partial charge in [0, 0.05) is 23.5 Å². The minimum absolute atomic E-state index is 0.0679. The van der Waals surface area contributed by atoms with E-state index in [1.54, 1.807) is 30.4 Å². The average Bonchev–Trinajstić information content (AvgIpc) is 3.33. The number of hydrogen-bond acceptors (Lipinski definition) is 7. The molecule has 1 aliphatic rings. The van der Waals surface area contributed by atoms with Crippen molar-refractivity contribution in [3.63, 3.8) is 0 Å². The molecule has 2 amide bonds. The first kappa shape index (κ1) is 25.3. The van der Waals surface area contributed by atoms with Crippen LogP contribution in [0.1, 0.15) is 39.0 Å². The van der Waals surface area contributed by atoms with Gasteiger partial charge in [-0.15, -0.1) is 11.8 Å². The first-order valence-corrected chi connectivity index (χ1v) is 12.5. The Morgan fingerprint density at radius 1 is 1.14 bits per heavy atom. The Morgan fingerprint density at radius 2 is 1.86 bits per heavy atom. The maximum Gasteiger partial charge on any atom is 0.359 e. The van der Waals surface area contributed by atoms with Crippen LogP contribution in [0, 0.1) is 0 Å². The van der Waals surface area contributed by atoms with Gasteiger partial charge in [-0.25, -0.2) is 9.78 Å². The van der Waals surface area contributed by atoms with Gasteiger partial charge in [-0.3, -0.25) is 9.59 Å². The van der Waals surface area contributed by atoms with E-state index in [1.807, 2.05) is 54.8 Å². The van der Waals surface area contributed by atoms with E-state index in [2.05, 4.69) is 10.3 Å². The van der Waals surface area contributed by atoms with Gasteiger partial charge in [-0.2, -0.15) is 0 Å². The smallest absolute Gasteiger partial charge is 0.359 e. The highest BCUT2D eigenvalue weighted by molar-refractivity contribution is 7.98. The average molecular weight is 509 g/mol. The minimum atomic E-state index is -1.25. The van der Waals surface area contributed by atoms with Crippen molar-refractivity contribution in [3.8, 4) is 5.75 Å². The molecule has 1 atom stereocenters. The second-order valence-corrected chi connectivity index (χ2v) is 9.45. The van der Waals surface area contributed by atoms with Crippen molar-refractivity contribution >= 4 is 29.5 Å². The summed E-state index contributed by atoms with van der Waals surface area (Å²) < 4.78 is 11.8. The number of benzene rings is 2. The zero-order valence-electron chi connectivity index (χ0n) is 20.6. The van der Waals surface area contributed by atoms with E-state index in [9.17, 15) is 14.4 Å². The number of nitrogens with zero attached hydrogens (tertiary/aromatic N) is 3. The van der Waals surface area contributed by atoms with E-state index in [0.717, 1.165) is 16.0 Å². The van der Waals surface area contributed by atoms with Crippen molar-refractivity contribution in [3.05, 3.63) is 77.4 Å². The lowest BCUT2D eigenvalue weighted by atomic mass is 9.93. The van der Waals surface area contributed by atoms with Crippen LogP contribution in [-0.2, 0) is 29.2 Å². The summed E-state index contributed by atoms with van der Waals surface area (Å²) in [6.45, 7) is 2.25. The largest absolute Gasteiger partial charge is 0.496 e. The van der Waals surface area contributed by atoms with Crippen molar-refractivity contribution in [2.45, 2.75) is 37.0 Å². The molecule has 2 aromatic carbocycles. The zero-order valence-corrected chi connectivity index (χ0v) is 21.4. The lowest BCUT2D eigenvalue weighted by Crippen LogP contribution is -2.63. The van der Waals surface area contributed by atoms with Crippen LogP contribution in [0.3, 0.4) is 0 Å². The van der Waals surface area contributed by atoms with Crippen molar-refractivity contribution in [1.29, 1.82) is 0 Å². The molecule has 0 radical (unpaired) electrons. The number of carbonyl (C=O) groups is 3. The molecule has 0 saturated heterocycles. The molecule has 0 saturated carbocycles. The summed E-state index contributed by atoms with van der Waals surface area (Å²) in [5.41, 5.74) is 0.463. The number of rotatable bonds is 8.